The molecule has 0 saturated carbocycles. The number of hydrogen-bond acceptors (Lipinski definition) is 5. The summed E-state index contributed by atoms with van der Waals surface area (Å²) in [6, 6.07) is 0. The Kier molecular flexibility index (Phi) is 7.15. The molecular weight excluding hydrogens is 292 g/mol. The molecule has 0 radical (unpaired) electrons. The zero-order chi connectivity index (χ0) is 16.5. The van der Waals surface area contributed by atoms with Crippen LogP contribution in [-0.2, 0) is 19.1 Å². The first-order valence-corrected chi connectivity index (χ1v) is 7.10. The van der Waals surface area contributed by atoms with Gasteiger partial charge in [0, 0.05) is 11.5 Å². The first-order valence-electron chi connectivity index (χ1n) is 7.10. The zero-order valence-electron chi connectivity index (χ0n) is 12.4. The molecule has 0 amide bonds. The zero-order valence-corrected chi connectivity index (χ0v) is 12.4. The summed E-state index contributed by atoms with van der Waals surface area (Å²) in [5.74, 6) is -3.01. The summed E-state index contributed by atoms with van der Waals surface area (Å²) in [6.45, 7) is 1.63. The summed E-state index contributed by atoms with van der Waals surface area (Å²) in [4.78, 5) is 33.6. The second kappa shape index (κ2) is 8.86. The highest BCUT2D eigenvalue weighted by atomic mass is 16.7. The average Bonchev–Trinajstić information content (AvgIpc) is 2.43. The summed E-state index contributed by atoms with van der Waals surface area (Å²) in [5.41, 5.74) is -0.120. The Labute approximate surface area is 128 Å². The molecule has 22 heavy (non-hydrogen) atoms. The maximum Gasteiger partial charge on any atom is 0.513 e. The monoisotopic (exact) mass is 312 g/mol. The van der Waals surface area contributed by atoms with Crippen LogP contribution in [0.1, 0.15) is 39.0 Å². The summed E-state index contributed by atoms with van der Waals surface area (Å²) in [7, 11) is 0. The van der Waals surface area contributed by atoms with Crippen LogP contribution in [0.2, 0.25) is 0 Å². The number of carbonyl (C=O) groups excluding carboxylic acids is 1. The number of carboxylic acids is 2. The van der Waals surface area contributed by atoms with Gasteiger partial charge in [0.05, 0.1) is 12.2 Å². The van der Waals surface area contributed by atoms with Crippen molar-refractivity contribution in [2.24, 2.45) is 5.92 Å². The predicted octanol–water partition coefficient (Wildman–Crippen LogP) is 2.72. The van der Waals surface area contributed by atoms with E-state index < -0.39 is 24.0 Å². The molecule has 122 valence electrons. The van der Waals surface area contributed by atoms with E-state index in [1.165, 1.54) is 13.0 Å². The van der Waals surface area contributed by atoms with E-state index in [9.17, 15) is 19.5 Å². The van der Waals surface area contributed by atoms with Gasteiger partial charge in [0.25, 0.3) is 0 Å². The van der Waals surface area contributed by atoms with Crippen LogP contribution in [0.4, 0.5) is 4.79 Å². The van der Waals surface area contributed by atoms with Crippen LogP contribution >= 0.6 is 0 Å². The van der Waals surface area contributed by atoms with Gasteiger partial charge in [-0.25, -0.2) is 14.4 Å². The van der Waals surface area contributed by atoms with Gasteiger partial charge in [0.15, 0.2) is 0 Å². The van der Waals surface area contributed by atoms with E-state index in [1.807, 2.05) is 0 Å². The summed E-state index contributed by atoms with van der Waals surface area (Å²) < 4.78 is 9.47. The van der Waals surface area contributed by atoms with Crippen molar-refractivity contribution in [3.63, 3.8) is 0 Å². The van der Waals surface area contributed by atoms with Crippen LogP contribution in [0.15, 0.2) is 23.5 Å². The summed E-state index contributed by atoms with van der Waals surface area (Å²) in [5, 5.41) is 18.2. The van der Waals surface area contributed by atoms with Gasteiger partial charge >= 0.3 is 18.1 Å². The van der Waals surface area contributed by atoms with E-state index >= 15 is 0 Å². The molecule has 2 N–H and O–H groups in total. The van der Waals surface area contributed by atoms with Crippen LogP contribution in [0.25, 0.3) is 0 Å². The van der Waals surface area contributed by atoms with Crippen molar-refractivity contribution in [3.05, 3.63) is 23.5 Å². The molecule has 7 nitrogen and oxygen atoms in total. The number of hydrogen-bond donors (Lipinski definition) is 2. The van der Waals surface area contributed by atoms with Gasteiger partial charge in [0.1, 0.15) is 6.26 Å². The maximum absolute atomic E-state index is 11.4. The van der Waals surface area contributed by atoms with E-state index in [0.717, 1.165) is 25.5 Å². The summed E-state index contributed by atoms with van der Waals surface area (Å²) >= 11 is 0. The van der Waals surface area contributed by atoms with Crippen molar-refractivity contribution in [2.75, 3.05) is 6.61 Å². The third-order valence-corrected chi connectivity index (χ3v) is 3.35. The molecule has 0 saturated heterocycles. The number of cyclic esters (lactones) is 2. The fraction of sp³-hybridized carbons (Fsp3) is 0.533. The van der Waals surface area contributed by atoms with E-state index in [2.05, 4.69) is 4.74 Å². The topological polar surface area (TPSA) is 110 Å². The third kappa shape index (κ3) is 5.99. The highest BCUT2D eigenvalue weighted by Crippen LogP contribution is 2.23. The lowest BCUT2D eigenvalue weighted by Gasteiger charge is -2.15. The number of ether oxygens (including phenoxy) is 2. The molecule has 0 aromatic heterocycles. The number of rotatable bonds is 3. The molecule has 0 aliphatic carbocycles. The van der Waals surface area contributed by atoms with E-state index in [-0.39, 0.29) is 17.8 Å². The van der Waals surface area contributed by atoms with Gasteiger partial charge < -0.3 is 19.7 Å². The van der Waals surface area contributed by atoms with Crippen LogP contribution in [0.3, 0.4) is 0 Å². The molecule has 1 aliphatic rings. The molecule has 7 heteroatoms. The van der Waals surface area contributed by atoms with Crippen molar-refractivity contribution in [3.8, 4) is 0 Å². The van der Waals surface area contributed by atoms with Gasteiger partial charge in [-0.2, -0.15) is 0 Å². The number of allylic oxidation sites excluding steroid dienone is 1. The van der Waals surface area contributed by atoms with Crippen LogP contribution in [0, 0.1) is 5.92 Å². The Morgan fingerprint density at radius 2 is 1.91 bits per heavy atom. The van der Waals surface area contributed by atoms with Crippen LogP contribution in [-0.4, -0.2) is 34.9 Å². The maximum atomic E-state index is 11.4. The second-order valence-corrected chi connectivity index (χ2v) is 5.06. The van der Waals surface area contributed by atoms with E-state index in [4.69, 9.17) is 9.84 Å². The minimum Gasteiger partial charge on any atom is -0.478 e. The van der Waals surface area contributed by atoms with Crippen molar-refractivity contribution < 1.29 is 34.1 Å². The van der Waals surface area contributed by atoms with Crippen molar-refractivity contribution in [1.29, 1.82) is 0 Å². The van der Waals surface area contributed by atoms with Crippen LogP contribution < -0.4 is 0 Å². The normalized spacial score (nSPS) is 21.5. The molecule has 0 aromatic rings. The molecule has 0 spiro atoms. The van der Waals surface area contributed by atoms with Gasteiger partial charge in [-0.3, -0.25) is 0 Å². The van der Waals surface area contributed by atoms with Crippen molar-refractivity contribution in [1.82, 2.24) is 0 Å². The van der Waals surface area contributed by atoms with Gasteiger partial charge in [0.2, 0.25) is 0 Å². The lowest BCUT2D eigenvalue weighted by Crippen LogP contribution is -2.15. The molecule has 0 aromatic carbocycles. The fourth-order valence-electron chi connectivity index (χ4n) is 2.12. The predicted molar refractivity (Wildman–Crippen MR) is 76.1 cm³/mol. The molecule has 0 bridgehead atoms. The molecule has 1 heterocycles. The quantitative estimate of drug-likeness (QED) is 0.609. The van der Waals surface area contributed by atoms with Crippen molar-refractivity contribution >= 4 is 18.1 Å². The first kappa shape index (κ1) is 17.7. The lowest BCUT2D eigenvalue weighted by atomic mass is 9.91. The Morgan fingerprint density at radius 3 is 2.55 bits per heavy atom. The van der Waals surface area contributed by atoms with Gasteiger partial charge in [-0.05, 0) is 19.8 Å². The van der Waals surface area contributed by atoms with Gasteiger partial charge in [-0.1, -0.05) is 25.3 Å². The number of aliphatic carboxylic acids is 2. The fourth-order valence-corrected chi connectivity index (χ4v) is 2.12. The molecule has 1 atom stereocenters. The third-order valence-electron chi connectivity index (χ3n) is 3.35. The van der Waals surface area contributed by atoms with Crippen molar-refractivity contribution in [2.45, 2.75) is 39.0 Å². The highest BCUT2D eigenvalue weighted by molar-refractivity contribution is 5.89. The van der Waals surface area contributed by atoms with E-state index in [1.54, 1.807) is 0 Å². The highest BCUT2D eigenvalue weighted by Gasteiger charge is 2.21. The van der Waals surface area contributed by atoms with Crippen LogP contribution in [0.5, 0.6) is 0 Å². The first-order chi connectivity index (χ1) is 10.4. The summed E-state index contributed by atoms with van der Waals surface area (Å²) in [6.07, 6.45) is 4.87. The molecule has 0 fully saturated rings. The van der Waals surface area contributed by atoms with E-state index in [0.29, 0.717) is 12.8 Å². The molecule has 1 unspecified atom stereocenters. The van der Waals surface area contributed by atoms with Gasteiger partial charge in [-0.15, -0.1) is 0 Å². The minimum atomic E-state index is -1.26. The Balaban J connectivity index is 3.05. The standard InChI is InChI=1S/C15H20O7/c1-10(13(16)17)8-11-6-4-2-3-5-7-21-15(20)22-9-12(11)14(18)19/h8-9,11H,2-7H2,1H3,(H,16,17)(H,18,19). The Morgan fingerprint density at radius 1 is 1.23 bits per heavy atom. The second-order valence-electron chi connectivity index (χ2n) is 5.06. The SMILES string of the molecule is CC(=CC1CCCCCCOC(=O)OC=C1C(=O)O)C(=O)O. The number of carbonyl (C=O) groups is 3. The molecule has 1 aliphatic heterocycles. The lowest BCUT2D eigenvalue weighted by molar-refractivity contribution is -0.134. The molecule has 1 rings (SSSR count). The largest absolute Gasteiger partial charge is 0.513 e. The average molecular weight is 312 g/mol. The Bertz CT molecular complexity index is 490. The minimum absolute atomic E-state index is 0.0480. The Hall–Kier alpha value is -2.31. The molecular formula is C15H20O7. The number of carboxylic acid groups (broad SMARTS) is 2. The smallest absolute Gasteiger partial charge is 0.478 e.